The van der Waals surface area contributed by atoms with E-state index in [1.54, 1.807) is 0 Å². The summed E-state index contributed by atoms with van der Waals surface area (Å²) in [4.78, 5) is 15.6. The molecule has 0 saturated carbocycles. The normalized spacial score (nSPS) is 12.0. The van der Waals surface area contributed by atoms with Gasteiger partial charge in [-0.05, 0) is 12.0 Å². The highest BCUT2D eigenvalue weighted by atomic mass is 16.1. The highest BCUT2D eigenvalue weighted by Crippen LogP contribution is 2.28. The van der Waals surface area contributed by atoms with Crippen molar-refractivity contribution >= 4 is 16.7 Å². The minimum absolute atomic E-state index is 0.192. The molecule has 0 unspecified atom stereocenters. The fourth-order valence-electron chi connectivity index (χ4n) is 2.10. The summed E-state index contributed by atoms with van der Waals surface area (Å²) in [7, 11) is 0. The predicted octanol–water partition coefficient (Wildman–Crippen LogP) is 3.96. The molecule has 1 N–H and O–H groups in total. The van der Waals surface area contributed by atoms with Crippen LogP contribution in [0.4, 0.5) is 0 Å². The van der Waals surface area contributed by atoms with Crippen LogP contribution < -0.4 is 0 Å². The van der Waals surface area contributed by atoms with E-state index in [9.17, 15) is 4.79 Å². The van der Waals surface area contributed by atoms with Crippen LogP contribution in [-0.4, -0.2) is 10.8 Å². The number of Topliss-reactive ketones (excluding diaryl/α,β-unsaturated/α-hetero) is 1. The zero-order valence-corrected chi connectivity index (χ0v) is 10.9. The molecular weight excluding hydrogens is 210 g/mol. The number of carbonyl (C=O) groups is 1. The number of H-pyrrole nitrogens is 1. The third-order valence-electron chi connectivity index (χ3n) is 3.11. The molecule has 2 rings (SSSR count). The molecule has 0 fully saturated rings. The van der Waals surface area contributed by atoms with E-state index in [1.165, 1.54) is 5.56 Å². The molecule has 0 aliphatic heterocycles. The SMILES string of the molecule is CCc1cccc2c(C(=O)C(C)(C)C)c[nH]c12. The minimum atomic E-state index is -0.336. The largest absolute Gasteiger partial charge is 0.360 e. The van der Waals surface area contributed by atoms with Crippen LogP contribution >= 0.6 is 0 Å². The van der Waals surface area contributed by atoms with Crippen LogP contribution in [0.3, 0.4) is 0 Å². The van der Waals surface area contributed by atoms with Crippen molar-refractivity contribution in [2.24, 2.45) is 5.41 Å². The van der Waals surface area contributed by atoms with Crippen molar-refractivity contribution in [3.63, 3.8) is 0 Å². The Bertz CT molecular complexity index is 558. The van der Waals surface area contributed by atoms with Crippen LogP contribution in [0.2, 0.25) is 0 Å². The molecule has 0 radical (unpaired) electrons. The van der Waals surface area contributed by atoms with Crippen molar-refractivity contribution in [2.75, 3.05) is 0 Å². The molecule has 2 aromatic rings. The van der Waals surface area contributed by atoms with E-state index in [0.717, 1.165) is 22.9 Å². The molecule has 90 valence electrons. The molecule has 0 saturated heterocycles. The smallest absolute Gasteiger partial charge is 0.170 e. The van der Waals surface area contributed by atoms with Gasteiger partial charge in [-0.1, -0.05) is 45.9 Å². The molecule has 0 aliphatic rings. The summed E-state index contributed by atoms with van der Waals surface area (Å²) in [6, 6.07) is 6.14. The summed E-state index contributed by atoms with van der Waals surface area (Å²) in [5, 5.41) is 1.05. The van der Waals surface area contributed by atoms with E-state index in [-0.39, 0.29) is 11.2 Å². The van der Waals surface area contributed by atoms with E-state index in [2.05, 4.69) is 18.0 Å². The van der Waals surface area contributed by atoms with Gasteiger partial charge in [0.15, 0.2) is 5.78 Å². The molecule has 2 nitrogen and oxygen atoms in total. The molecule has 17 heavy (non-hydrogen) atoms. The highest BCUT2D eigenvalue weighted by molar-refractivity contribution is 6.10. The van der Waals surface area contributed by atoms with Gasteiger partial charge in [-0.25, -0.2) is 0 Å². The maximum absolute atomic E-state index is 12.3. The summed E-state index contributed by atoms with van der Waals surface area (Å²) >= 11 is 0. The molecule has 2 heteroatoms. The Hall–Kier alpha value is -1.57. The van der Waals surface area contributed by atoms with Gasteiger partial charge in [0.1, 0.15) is 0 Å². The zero-order valence-electron chi connectivity index (χ0n) is 10.9. The third-order valence-corrected chi connectivity index (χ3v) is 3.11. The van der Waals surface area contributed by atoms with Crippen LogP contribution in [0.15, 0.2) is 24.4 Å². The molecule has 0 atom stereocenters. The molecule has 0 aliphatic carbocycles. The molecule has 0 amide bonds. The van der Waals surface area contributed by atoms with Gasteiger partial charge in [-0.3, -0.25) is 4.79 Å². The maximum atomic E-state index is 12.3. The summed E-state index contributed by atoms with van der Waals surface area (Å²) in [6.07, 6.45) is 2.82. The lowest BCUT2D eigenvalue weighted by Crippen LogP contribution is -2.19. The van der Waals surface area contributed by atoms with Crippen molar-refractivity contribution in [3.8, 4) is 0 Å². The summed E-state index contributed by atoms with van der Waals surface area (Å²) in [5.74, 6) is 0.192. The van der Waals surface area contributed by atoms with E-state index in [1.807, 2.05) is 39.1 Å². The quantitative estimate of drug-likeness (QED) is 0.777. The second-order valence-corrected chi connectivity index (χ2v) is 5.47. The third kappa shape index (κ3) is 1.99. The van der Waals surface area contributed by atoms with Crippen LogP contribution in [0.1, 0.15) is 43.6 Å². The molecule has 1 heterocycles. The second-order valence-electron chi connectivity index (χ2n) is 5.47. The number of benzene rings is 1. The molecule has 1 aromatic heterocycles. The fraction of sp³-hybridized carbons (Fsp3) is 0.400. The van der Waals surface area contributed by atoms with Crippen molar-refractivity contribution < 1.29 is 4.79 Å². The number of aromatic nitrogens is 1. The maximum Gasteiger partial charge on any atom is 0.170 e. The first-order valence-corrected chi connectivity index (χ1v) is 6.09. The van der Waals surface area contributed by atoms with Gasteiger partial charge in [0.2, 0.25) is 0 Å². The second kappa shape index (κ2) is 4.02. The van der Waals surface area contributed by atoms with Crippen molar-refractivity contribution in [1.82, 2.24) is 4.98 Å². The van der Waals surface area contributed by atoms with E-state index in [4.69, 9.17) is 0 Å². The van der Waals surface area contributed by atoms with Crippen LogP contribution in [0.25, 0.3) is 10.9 Å². The monoisotopic (exact) mass is 229 g/mol. The predicted molar refractivity (Wildman–Crippen MR) is 71.5 cm³/mol. The minimum Gasteiger partial charge on any atom is -0.360 e. The number of nitrogens with one attached hydrogen (secondary N) is 1. The van der Waals surface area contributed by atoms with Crippen molar-refractivity contribution in [1.29, 1.82) is 0 Å². The number of hydrogen-bond acceptors (Lipinski definition) is 1. The molecule has 0 spiro atoms. The number of ketones is 1. The average Bonchev–Trinajstić information content (AvgIpc) is 2.69. The lowest BCUT2D eigenvalue weighted by atomic mass is 9.86. The topological polar surface area (TPSA) is 32.9 Å². The Morgan fingerprint density at radius 2 is 2.00 bits per heavy atom. The molecule has 1 aromatic carbocycles. The van der Waals surface area contributed by atoms with Crippen LogP contribution in [-0.2, 0) is 6.42 Å². The van der Waals surface area contributed by atoms with E-state index < -0.39 is 0 Å². The number of para-hydroxylation sites is 1. The van der Waals surface area contributed by atoms with Crippen LogP contribution in [0, 0.1) is 5.41 Å². The van der Waals surface area contributed by atoms with Crippen LogP contribution in [0.5, 0.6) is 0 Å². The van der Waals surface area contributed by atoms with Gasteiger partial charge in [0.25, 0.3) is 0 Å². The Balaban J connectivity index is 2.62. The zero-order chi connectivity index (χ0) is 12.6. The number of fused-ring (bicyclic) bond motifs is 1. The molecular formula is C15H19NO. The first kappa shape index (κ1) is 11.9. The van der Waals surface area contributed by atoms with Gasteiger partial charge >= 0.3 is 0 Å². The number of carbonyl (C=O) groups excluding carboxylic acids is 1. The fourth-order valence-corrected chi connectivity index (χ4v) is 2.10. The summed E-state index contributed by atoms with van der Waals surface area (Å²) in [6.45, 7) is 7.99. The standard InChI is InChI=1S/C15H19NO/c1-5-10-7-6-8-11-12(9-16-13(10)11)14(17)15(2,3)4/h6-9,16H,5H2,1-4H3. The lowest BCUT2D eigenvalue weighted by molar-refractivity contribution is 0.0860. The summed E-state index contributed by atoms with van der Waals surface area (Å²) in [5.41, 5.74) is 2.83. The Kier molecular flexibility index (Phi) is 2.82. The summed E-state index contributed by atoms with van der Waals surface area (Å²) < 4.78 is 0. The first-order chi connectivity index (χ1) is 7.95. The Morgan fingerprint density at radius 1 is 1.29 bits per heavy atom. The van der Waals surface area contributed by atoms with Gasteiger partial charge in [-0.2, -0.15) is 0 Å². The van der Waals surface area contributed by atoms with Gasteiger partial charge in [0, 0.05) is 28.1 Å². The number of rotatable bonds is 2. The molecule has 0 bridgehead atoms. The Labute approximate surface area is 102 Å². The van der Waals surface area contributed by atoms with E-state index in [0.29, 0.717) is 0 Å². The van der Waals surface area contributed by atoms with Gasteiger partial charge in [-0.15, -0.1) is 0 Å². The number of aryl methyl sites for hydroxylation is 1. The number of hydrogen-bond donors (Lipinski definition) is 1. The number of aromatic amines is 1. The Morgan fingerprint density at radius 3 is 2.59 bits per heavy atom. The average molecular weight is 229 g/mol. The lowest BCUT2D eigenvalue weighted by Gasteiger charge is -2.15. The van der Waals surface area contributed by atoms with Gasteiger partial charge in [0.05, 0.1) is 0 Å². The van der Waals surface area contributed by atoms with Gasteiger partial charge < -0.3 is 4.98 Å². The van der Waals surface area contributed by atoms with Crippen molar-refractivity contribution in [2.45, 2.75) is 34.1 Å². The first-order valence-electron chi connectivity index (χ1n) is 6.09. The highest BCUT2D eigenvalue weighted by Gasteiger charge is 2.25. The van der Waals surface area contributed by atoms with Crippen molar-refractivity contribution in [3.05, 3.63) is 35.5 Å². The van der Waals surface area contributed by atoms with E-state index >= 15 is 0 Å².